The molecule has 1 heterocycles. The molecule has 1 aromatic carbocycles. The van der Waals surface area contributed by atoms with Crippen LogP contribution in [0.4, 0.5) is 0 Å². The molecule has 0 aromatic heterocycles. The molecule has 2 rings (SSSR count). The molecule has 1 amide bonds. The van der Waals surface area contributed by atoms with Gasteiger partial charge in [0, 0.05) is 25.5 Å². The van der Waals surface area contributed by atoms with Gasteiger partial charge in [-0.25, -0.2) is 8.42 Å². The number of benzene rings is 1. The summed E-state index contributed by atoms with van der Waals surface area (Å²) in [5, 5.41) is 5.89. The third-order valence-corrected chi connectivity index (χ3v) is 6.51. The van der Waals surface area contributed by atoms with Crippen LogP contribution < -0.4 is 15.4 Å². The number of halogens is 1. The van der Waals surface area contributed by atoms with Crippen molar-refractivity contribution < 1.29 is 22.7 Å². The maximum Gasteiger partial charge on any atom is 0.241 e. The lowest BCUT2D eigenvalue weighted by Gasteiger charge is -2.34. The molecule has 0 saturated carbocycles. The fraction of sp³-hybridized carbons (Fsp3) is 0.588. The third-order valence-electron chi connectivity index (χ3n) is 4.49. The van der Waals surface area contributed by atoms with E-state index in [9.17, 15) is 13.2 Å². The van der Waals surface area contributed by atoms with Crippen LogP contribution in [0.25, 0.3) is 0 Å². The van der Waals surface area contributed by atoms with Crippen LogP contribution in [0.15, 0.2) is 24.3 Å². The van der Waals surface area contributed by atoms with E-state index in [-0.39, 0.29) is 31.8 Å². The van der Waals surface area contributed by atoms with Gasteiger partial charge in [0.25, 0.3) is 0 Å². The van der Waals surface area contributed by atoms with Crippen LogP contribution in [0.1, 0.15) is 18.4 Å². The molecule has 1 aliphatic heterocycles. The Morgan fingerprint density at radius 1 is 1.23 bits per heavy atom. The third kappa shape index (κ3) is 5.33. The monoisotopic (exact) mass is 406 g/mol. The molecule has 0 aliphatic carbocycles. The van der Waals surface area contributed by atoms with Crippen molar-refractivity contribution in [2.45, 2.75) is 24.1 Å². The lowest BCUT2D eigenvalue weighted by molar-refractivity contribution is -0.124. The number of piperidine rings is 1. The Kier molecular flexibility index (Phi) is 8.82. The van der Waals surface area contributed by atoms with Crippen molar-refractivity contribution in [3.63, 3.8) is 0 Å². The highest BCUT2D eigenvalue weighted by molar-refractivity contribution is 7.92. The van der Waals surface area contributed by atoms with E-state index in [1.165, 1.54) is 0 Å². The maximum absolute atomic E-state index is 12.7. The summed E-state index contributed by atoms with van der Waals surface area (Å²) in [7, 11) is -1.92. The Bertz CT molecular complexity index is 690. The Morgan fingerprint density at radius 2 is 1.88 bits per heavy atom. The zero-order chi connectivity index (χ0) is 18.3. The molecule has 1 saturated heterocycles. The van der Waals surface area contributed by atoms with Crippen LogP contribution in [0.2, 0.25) is 0 Å². The van der Waals surface area contributed by atoms with Crippen LogP contribution in [-0.4, -0.2) is 58.7 Å². The van der Waals surface area contributed by atoms with E-state index >= 15 is 0 Å². The van der Waals surface area contributed by atoms with E-state index in [0.717, 1.165) is 11.8 Å². The molecule has 1 fully saturated rings. The molecule has 26 heavy (non-hydrogen) atoms. The Hall–Kier alpha value is -1.35. The van der Waals surface area contributed by atoms with Crippen molar-refractivity contribution in [1.82, 2.24) is 10.6 Å². The summed E-state index contributed by atoms with van der Waals surface area (Å²) >= 11 is 0. The van der Waals surface area contributed by atoms with E-state index in [4.69, 9.17) is 9.47 Å². The lowest BCUT2D eigenvalue weighted by Crippen LogP contribution is -2.57. The van der Waals surface area contributed by atoms with E-state index < -0.39 is 20.5 Å². The number of hydrogen-bond acceptors (Lipinski definition) is 6. The summed E-state index contributed by atoms with van der Waals surface area (Å²) in [6.45, 7) is 2.10. The molecule has 148 valence electrons. The largest absolute Gasteiger partial charge is 0.491 e. The van der Waals surface area contributed by atoms with Crippen molar-refractivity contribution in [3.8, 4) is 5.75 Å². The molecule has 0 atom stereocenters. The maximum atomic E-state index is 12.7. The fourth-order valence-corrected chi connectivity index (χ4v) is 4.31. The first-order chi connectivity index (χ1) is 11.9. The molecule has 9 heteroatoms. The smallest absolute Gasteiger partial charge is 0.241 e. The number of nitrogens with one attached hydrogen (secondary N) is 2. The molecule has 2 N–H and O–H groups in total. The summed E-state index contributed by atoms with van der Waals surface area (Å²) in [6.07, 6.45) is 1.70. The molecule has 0 radical (unpaired) electrons. The van der Waals surface area contributed by atoms with Crippen LogP contribution in [-0.2, 0) is 25.9 Å². The predicted molar refractivity (Wildman–Crippen MR) is 103 cm³/mol. The first kappa shape index (κ1) is 22.7. The second-order valence-electron chi connectivity index (χ2n) is 6.15. The first-order valence-electron chi connectivity index (χ1n) is 8.29. The van der Waals surface area contributed by atoms with Gasteiger partial charge >= 0.3 is 0 Å². The van der Waals surface area contributed by atoms with E-state index in [0.29, 0.717) is 32.1 Å². The second kappa shape index (κ2) is 10.1. The molecule has 0 bridgehead atoms. The van der Waals surface area contributed by atoms with Gasteiger partial charge in [0.15, 0.2) is 14.6 Å². The number of rotatable bonds is 8. The molecule has 1 aliphatic rings. The Labute approximate surface area is 161 Å². The zero-order valence-corrected chi connectivity index (χ0v) is 16.7. The van der Waals surface area contributed by atoms with Crippen LogP contribution >= 0.6 is 12.4 Å². The minimum absolute atomic E-state index is 0. The number of para-hydroxylation sites is 1. The Balaban J connectivity index is 0.00000338. The average Bonchev–Trinajstić information content (AvgIpc) is 2.60. The van der Waals surface area contributed by atoms with E-state index in [2.05, 4.69) is 10.6 Å². The highest BCUT2D eigenvalue weighted by atomic mass is 35.5. The summed E-state index contributed by atoms with van der Waals surface area (Å²) in [5.41, 5.74) is 0.796. The average molecular weight is 407 g/mol. The number of carbonyl (C=O) groups excluding carboxylic acids is 1. The van der Waals surface area contributed by atoms with Crippen LogP contribution in [0, 0.1) is 0 Å². The number of amides is 1. The first-order valence-corrected chi connectivity index (χ1v) is 10.2. The predicted octanol–water partition coefficient (Wildman–Crippen LogP) is 0.917. The standard InChI is InChI=1S/C17H26N2O5S.ClH/c1-23-11-12-24-15-6-4-3-5-14(15)13-19-16(20)17(25(2,21)22)7-9-18-10-8-17;/h3-6,18H,7-13H2,1-2H3,(H,19,20);1H. The topological polar surface area (TPSA) is 93.7 Å². The SMILES string of the molecule is COCCOc1ccccc1CNC(=O)C1(S(C)(=O)=O)CCNCC1.Cl. The molecule has 7 nitrogen and oxygen atoms in total. The summed E-state index contributed by atoms with van der Waals surface area (Å²) in [6, 6.07) is 7.35. The highest BCUT2D eigenvalue weighted by Crippen LogP contribution is 2.28. The van der Waals surface area contributed by atoms with Gasteiger partial charge < -0.3 is 20.1 Å². The Morgan fingerprint density at radius 3 is 2.50 bits per heavy atom. The van der Waals surface area contributed by atoms with Crippen LogP contribution in [0.3, 0.4) is 0 Å². The normalized spacial score (nSPS) is 16.4. The number of ether oxygens (including phenoxy) is 2. The molecular formula is C17H27ClN2O5S. The molecule has 0 spiro atoms. The lowest BCUT2D eigenvalue weighted by atomic mass is 9.95. The highest BCUT2D eigenvalue weighted by Gasteiger charge is 2.48. The number of methoxy groups -OCH3 is 1. The van der Waals surface area contributed by atoms with Crippen molar-refractivity contribution >= 4 is 28.2 Å². The van der Waals surface area contributed by atoms with E-state index in [1.807, 2.05) is 24.3 Å². The van der Waals surface area contributed by atoms with E-state index in [1.54, 1.807) is 7.11 Å². The zero-order valence-electron chi connectivity index (χ0n) is 15.1. The van der Waals surface area contributed by atoms with Crippen molar-refractivity contribution in [3.05, 3.63) is 29.8 Å². The van der Waals surface area contributed by atoms with Gasteiger partial charge in [-0.05, 0) is 32.0 Å². The number of carbonyl (C=O) groups is 1. The number of sulfone groups is 1. The summed E-state index contributed by atoms with van der Waals surface area (Å²) in [5.74, 6) is 0.210. The molecule has 0 unspecified atom stereocenters. The van der Waals surface area contributed by atoms with Gasteiger partial charge in [-0.3, -0.25) is 4.79 Å². The molecular weight excluding hydrogens is 380 g/mol. The van der Waals surface area contributed by atoms with Gasteiger partial charge in [0.2, 0.25) is 5.91 Å². The van der Waals surface area contributed by atoms with Gasteiger partial charge in [0.1, 0.15) is 12.4 Å². The summed E-state index contributed by atoms with van der Waals surface area (Å²) < 4.78 is 33.8. The minimum Gasteiger partial charge on any atom is -0.491 e. The van der Waals surface area contributed by atoms with Crippen molar-refractivity contribution in [2.75, 3.05) is 39.7 Å². The van der Waals surface area contributed by atoms with Crippen LogP contribution in [0.5, 0.6) is 5.75 Å². The van der Waals surface area contributed by atoms with Gasteiger partial charge in [-0.2, -0.15) is 0 Å². The van der Waals surface area contributed by atoms with Crippen molar-refractivity contribution in [2.24, 2.45) is 0 Å². The van der Waals surface area contributed by atoms with Crippen molar-refractivity contribution in [1.29, 1.82) is 0 Å². The summed E-state index contributed by atoms with van der Waals surface area (Å²) in [4.78, 5) is 12.7. The number of hydrogen-bond donors (Lipinski definition) is 2. The second-order valence-corrected chi connectivity index (χ2v) is 8.47. The van der Waals surface area contributed by atoms with Gasteiger partial charge in [-0.1, -0.05) is 18.2 Å². The van der Waals surface area contributed by atoms with Gasteiger partial charge in [0.05, 0.1) is 6.61 Å². The quantitative estimate of drug-likeness (QED) is 0.623. The fourth-order valence-electron chi connectivity index (χ4n) is 2.96. The molecule has 1 aromatic rings. The minimum atomic E-state index is -3.52. The van der Waals surface area contributed by atoms with Gasteiger partial charge in [-0.15, -0.1) is 12.4 Å².